The molecule has 3 aromatic rings. The van der Waals surface area contributed by atoms with Gasteiger partial charge < -0.3 is 5.32 Å². The summed E-state index contributed by atoms with van der Waals surface area (Å²) in [5.74, 6) is -0.300. The van der Waals surface area contributed by atoms with Crippen LogP contribution in [0.1, 0.15) is 74.1 Å². The van der Waals surface area contributed by atoms with E-state index < -0.39 is 6.04 Å². The Balaban J connectivity index is 1.68. The van der Waals surface area contributed by atoms with Gasteiger partial charge in [-0.05, 0) is 66.6 Å². The first-order valence-corrected chi connectivity index (χ1v) is 13.2. The van der Waals surface area contributed by atoms with E-state index in [-0.39, 0.29) is 23.4 Å². The number of hydrogen-bond acceptors (Lipinski definition) is 3. The summed E-state index contributed by atoms with van der Waals surface area (Å²) < 4.78 is 14.0. The number of hydrogen-bond donors (Lipinski definition) is 1. The van der Waals surface area contributed by atoms with Gasteiger partial charge in [0.15, 0.2) is 5.78 Å². The molecule has 1 aliphatic heterocycles. The molecule has 2 aliphatic rings. The van der Waals surface area contributed by atoms with Crippen LogP contribution in [0.3, 0.4) is 0 Å². The van der Waals surface area contributed by atoms with Crippen molar-refractivity contribution in [2.45, 2.75) is 64.3 Å². The number of allylic oxidation sites excluding steroid dienone is 1. The molecule has 5 rings (SSSR count). The molecular weight excluding hydrogens is 463 g/mol. The number of aryl methyl sites for hydroxylation is 1. The number of ketones is 1. The summed E-state index contributed by atoms with van der Waals surface area (Å²) in [5, 5.41) is 3.57. The van der Waals surface area contributed by atoms with Crippen LogP contribution in [-0.2, 0) is 9.59 Å². The fourth-order valence-corrected chi connectivity index (χ4v) is 5.59. The number of amides is 1. The van der Waals surface area contributed by atoms with E-state index in [1.807, 2.05) is 43.3 Å². The fourth-order valence-electron chi connectivity index (χ4n) is 5.59. The quantitative estimate of drug-likeness (QED) is 0.357. The normalized spacial score (nSPS) is 19.1. The van der Waals surface area contributed by atoms with Crippen LogP contribution >= 0.6 is 0 Å². The van der Waals surface area contributed by atoms with Crippen LogP contribution < -0.4 is 10.2 Å². The van der Waals surface area contributed by atoms with Gasteiger partial charge in [0.05, 0.1) is 17.4 Å². The van der Waals surface area contributed by atoms with Gasteiger partial charge in [-0.25, -0.2) is 4.39 Å². The number of carbonyl (C=O) groups is 2. The molecule has 3 aromatic carbocycles. The summed E-state index contributed by atoms with van der Waals surface area (Å²) in [4.78, 5) is 29.7. The highest BCUT2D eigenvalue weighted by Crippen LogP contribution is 2.47. The third-order valence-corrected chi connectivity index (χ3v) is 7.46. The summed E-state index contributed by atoms with van der Waals surface area (Å²) in [6.45, 7) is 4.11. The molecule has 4 nitrogen and oxygen atoms in total. The number of halogens is 1. The van der Waals surface area contributed by atoms with Crippen molar-refractivity contribution in [3.05, 3.63) is 107 Å². The van der Waals surface area contributed by atoms with Gasteiger partial charge in [0, 0.05) is 24.1 Å². The lowest BCUT2D eigenvalue weighted by atomic mass is 9.78. The molecule has 37 heavy (non-hydrogen) atoms. The fraction of sp³-hybridized carbons (Fsp3) is 0.312. The van der Waals surface area contributed by atoms with Gasteiger partial charge in [0.2, 0.25) is 5.91 Å². The molecule has 0 fully saturated rings. The first kappa shape index (κ1) is 24.9. The zero-order chi connectivity index (χ0) is 25.9. The van der Waals surface area contributed by atoms with E-state index in [2.05, 4.69) is 24.4 Å². The molecule has 0 unspecified atom stereocenters. The van der Waals surface area contributed by atoms with Gasteiger partial charge >= 0.3 is 0 Å². The second-order valence-corrected chi connectivity index (χ2v) is 10.2. The first-order chi connectivity index (χ1) is 18.0. The number of unbranched alkanes of at least 4 members (excludes halogenated alkanes) is 2. The van der Waals surface area contributed by atoms with Gasteiger partial charge in [0.25, 0.3) is 0 Å². The maximum Gasteiger partial charge on any atom is 0.227 e. The average Bonchev–Trinajstić information content (AvgIpc) is 3.04. The Hall–Kier alpha value is -3.73. The second kappa shape index (κ2) is 10.7. The van der Waals surface area contributed by atoms with Crippen molar-refractivity contribution >= 4 is 23.1 Å². The maximum absolute atomic E-state index is 14.0. The monoisotopic (exact) mass is 496 g/mol. The van der Waals surface area contributed by atoms with Crippen LogP contribution in [0.2, 0.25) is 0 Å². The number of fused-ring (bicyclic) bond motifs is 1. The van der Waals surface area contributed by atoms with E-state index in [0.29, 0.717) is 24.8 Å². The molecule has 5 heteroatoms. The number of anilines is 2. The first-order valence-electron chi connectivity index (χ1n) is 13.2. The minimum atomic E-state index is -0.621. The Kier molecular flexibility index (Phi) is 7.22. The third kappa shape index (κ3) is 5.08. The van der Waals surface area contributed by atoms with E-state index in [0.717, 1.165) is 53.0 Å². The Morgan fingerprint density at radius 1 is 0.973 bits per heavy atom. The van der Waals surface area contributed by atoms with Crippen LogP contribution in [0.15, 0.2) is 84.1 Å². The number of nitrogens with zero attached hydrogens (tertiary/aromatic N) is 1. The Morgan fingerprint density at radius 2 is 1.73 bits per heavy atom. The van der Waals surface area contributed by atoms with E-state index in [1.54, 1.807) is 17.0 Å². The Morgan fingerprint density at radius 3 is 2.46 bits per heavy atom. The molecule has 190 valence electrons. The summed E-state index contributed by atoms with van der Waals surface area (Å²) in [5.41, 5.74) is 5.91. The van der Waals surface area contributed by atoms with Crippen molar-refractivity contribution in [2.24, 2.45) is 0 Å². The maximum atomic E-state index is 14.0. The van der Waals surface area contributed by atoms with Crippen LogP contribution in [0.25, 0.3) is 0 Å². The molecule has 0 radical (unpaired) electrons. The van der Waals surface area contributed by atoms with Crippen molar-refractivity contribution in [1.29, 1.82) is 0 Å². The molecule has 1 N–H and O–H groups in total. The molecule has 0 saturated heterocycles. The minimum Gasteiger partial charge on any atom is -0.357 e. The molecule has 1 aliphatic carbocycles. The van der Waals surface area contributed by atoms with Crippen LogP contribution in [0.4, 0.5) is 15.8 Å². The summed E-state index contributed by atoms with van der Waals surface area (Å²) >= 11 is 0. The SMILES string of the molecule is CCCCCC(=O)N1c2cc(C)ccc2NC2=C(C(=O)C[C@H](c3ccccc3)C2)[C@H]1c1ccc(F)cc1. The Labute approximate surface area is 218 Å². The highest BCUT2D eigenvalue weighted by molar-refractivity contribution is 6.06. The van der Waals surface area contributed by atoms with Gasteiger partial charge in [-0.15, -0.1) is 0 Å². The third-order valence-electron chi connectivity index (χ3n) is 7.46. The zero-order valence-electron chi connectivity index (χ0n) is 21.5. The van der Waals surface area contributed by atoms with E-state index in [9.17, 15) is 14.0 Å². The number of Topliss-reactive ketones (excluding diaryl/α,β-unsaturated/α-hetero) is 1. The van der Waals surface area contributed by atoms with Crippen LogP contribution in [-0.4, -0.2) is 11.7 Å². The van der Waals surface area contributed by atoms with Crippen molar-refractivity contribution in [3.63, 3.8) is 0 Å². The molecule has 1 amide bonds. The van der Waals surface area contributed by atoms with Gasteiger partial charge in [0.1, 0.15) is 5.82 Å². The number of carbonyl (C=O) groups excluding carboxylic acids is 2. The largest absolute Gasteiger partial charge is 0.357 e. The predicted molar refractivity (Wildman–Crippen MR) is 146 cm³/mol. The van der Waals surface area contributed by atoms with Gasteiger partial charge in [-0.2, -0.15) is 0 Å². The van der Waals surface area contributed by atoms with Crippen molar-refractivity contribution in [2.75, 3.05) is 10.2 Å². The second-order valence-electron chi connectivity index (χ2n) is 10.2. The highest BCUT2D eigenvalue weighted by atomic mass is 19.1. The standard InChI is InChI=1S/C32H33FN2O2/c1-3-4-6-11-30(37)35-28-18-21(2)12-17-26(28)34-27-19-24(22-9-7-5-8-10-22)20-29(36)31(27)32(35)23-13-15-25(33)16-14-23/h5,7-10,12-18,24,32,34H,3-4,6,11,19-20H2,1-2H3/t24-,32-/m1/s1. The molecule has 2 atom stereocenters. The summed E-state index contributed by atoms with van der Waals surface area (Å²) in [6.07, 6.45) is 4.18. The minimum absolute atomic E-state index is 0.0211. The van der Waals surface area contributed by atoms with Crippen molar-refractivity contribution in [3.8, 4) is 0 Å². The number of nitrogens with one attached hydrogen (secondary N) is 1. The molecular formula is C32H33FN2O2. The van der Waals surface area contributed by atoms with Crippen molar-refractivity contribution < 1.29 is 14.0 Å². The predicted octanol–water partition coefficient (Wildman–Crippen LogP) is 7.62. The van der Waals surface area contributed by atoms with Gasteiger partial charge in [-0.1, -0.05) is 68.3 Å². The smallest absolute Gasteiger partial charge is 0.227 e. The Bertz CT molecular complexity index is 1330. The lowest BCUT2D eigenvalue weighted by Crippen LogP contribution is -2.38. The lowest BCUT2D eigenvalue weighted by Gasteiger charge is -2.35. The lowest BCUT2D eigenvalue weighted by molar-refractivity contribution is -0.119. The van der Waals surface area contributed by atoms with E-state index >= 15 is 0 Å². The van der Waals surface area contributed by atoms with Crippen LogP contribution in [0.5, 0.6) is 0 Å². The topological polar surface area (TPSA) is 49.4 Å². The van der Waals surface area contributed by atoms with Crippen molar-refractivity contribution in [1.82, 2.24) is 0 Å². The van der Waals surface area contributed by atoms with E-state index in [1.165, 1.54) is 12.1 Å². The number of rotatable bonds is 6. The summed E-state index contributed by atoms with van der Waals surface area (Å²) in [7, 11) is 0. The molecule has 0 aromatic heterocycles. The molecule has 0 spiro atoms. The highest BCUT2D eigenvalue weighted by Gasteiger charge is 2.41. The molecule has 0 saturated carbocycles. The zero-order valence-corrected chi connectivity index (χ0v) is 21.5. The average molecular weight is 497 g/mol. The molecule has 0 bridgehead atoms. The van der Waals surface area contributed by atoms with Gasteiger partial charge in [-0.3, -0.25) is 14.5 Å². The number of benzene rings is 3. The molecule has 1 heterocycles. The van der Waals surface area contributed by atoms with Crippen LogP contribution in [0, 0.1) is 12.7 Å². The van der Waals surface area contributed by atoms with E-state index in [4.69, 9.17) is 0 Å². The summed E-state index contributed by atoms with van der Waals surface area (Å²) in [6, 6.07) is 21.7.